The lowest BCUT2D eigenvalue weighted by Crippen LogP contribution is -2.56. The topological polar surface area (TPSA) is 113 Å². The number of sulfone groups is 1. The summed E-state index contributed by atoms with van der Waals surface area (Å²) in [6.07, 6.45) is 0.916. The van der Waals surface area contributed by atoms with Crippen LogP contribution in [0.2, 0.25) is 0 Å². The molecule has 0 radical (unpaired) electrons. The molecule has 2 heterocycles. The summed E-state index contributed by atoms with van der Waals surface area (Å²) in [4.78, 5) is 24.4. The molecule has 9 heteroatoms. The Morgan fingerprint density at radius 3 is 2.67 bits per heavy atom. The molecule has 0 aromatic rings. The van der Waals surface area contributed by atoms with Gasteiger partial charge in [-0.15, -0.1) is 0 Å². The Labute approximate surface area is 123 Å². The van der Waals surface area contributed by atoms with E-state index in [1.54, 1.807) is 0 Å². The molecule has 2 rings (SSSR count). The molecule has 0 aliphatic carbocycles. The van der Waals surface area contributed by atoms with E-state index in [-0.39, 0.29) is 17.9 Å². The van der Waals surface area contributed by atoms with Crippen LogP contribution in [0, 0.1) is 0 Å². The second-order valence-electron chi connectivity index (χ2n) is 5.87. The lowest BCUT2D eigenvalue weighted by molar-refractivity contribution is -0.138. The first-order valence-corrected chi connectivity index (χ1v) is 8.62. The molecule has 0 aromatic heterocycles. The fourth-order valence-electron chi connectivity index (χ4n) is 2.63. The SMILES string of the molecule is CC1(NC(=O)N(CC(=O)O)C2CCS(=O)(=O)C2)CCOC1. The van der Waals surface area contributed by atoms with Gasteiger partial charge in [0.05, 0.1) is 23.7 Å². The predicted octanol–water partition coefficient (Wildman–Crippen LogP) is -0.551. The molecule has 2 amide bonds. The van der Waals surface area contributed by atoms with Gasteiger partial charge in [-0.05, 0) is 19.8 Å². The maximum Gasteiger partial charge on any atom is 0.323 e. The van der Waals surface area contributed by atoms with Gasteiger partial charge in [-0.25, -0.2) is 13.2 Å². The summed E-state index contributed by atoms with van der Waals surface area (Å²) in [6, 6.07) is -1.13. The van der Waals surface area contributed by atoms with E-state index in [1.807, 2.05) is 6.92 Å². The molecular formula is C12H20N2O6S. The third kappa shape index (κ3) is 4.07. The van der Waals surface area contributed by atoms with Gasteiger partial charge in [0.2, 0.25) is 0 Å². The van der Waals surface area contributed by atoms with Crippen LogP contribution in [0.1, 0.15) is 19.8 Å². The number of amides is 2. The molecule has 2 atom stereocenters. The minimum atomic E-state index is -3.19. The van der Waals surface area contributed by atoms with Crippen LogP contribution in [0.4, 0.5) is 4.79 Å². The summed E-state index contributed by atoms with van der Waals surface area (Å²) in [7, 11) is -3.19. The number of carbonyl (C=O) groups is 2. The van der Waals surface area contributed by atoms with E-state index in [0.717, 1.165) is 4.90 Å². The van der Waals surface area contributed by atoms with E-state index in [0.29, 0.717) is 19.6 Å². The van der Waals surface area contributed by atoms with Gasteiger partial charge in [-0.2, -0.15) is 0 Å². The van der Waals surface area contributed by atoms with Crippen molar-refractivity contribution in [3.63, 3.8) is 0 Å². The van der Waals surface area contributed by atoms with Crippen LogP contribution in [0.25, 0.3) is 0 Å². The second kappa shape index (κ2) is 5.80. The molecule has 0 spiro atoms. The van der Waals surface area contributed by atoms with Crippen LogP contribution >= 0.6 is 0 Å². The molecule has 21 heavy (non-hydrogen) atoms. The van der Waals surface area contributed by atoms with Gasteiger partial charge in [-0.1, -0.05) is 0 Å². The summed E-state index contributed by atoms with van der Waals surface area (Å²) in [5.41, 5.74) is -0.536. The summed E-state index contributed by atoms with van der Waals surface area (Å²) in [5.74, 6) is -1.36. The Bertz CT molecular complexity index is 526. The van der Waals surface area contributed by atoms with Crippen LogP contribution in [0.15, 0.2) is 0 Å². The molecule has 2 aliphatic heterocycles. The summed E-state index contributed by atoms with van der Waals surface area (Å²) >= 11 is 0. The average molecular weight is 320 g/mol. The number of aliphatic carboxylic acids is 1. The van der Waals surface area contributed by atoms with Crippen molar-refractivity contribution in [2.24, 2.45) is 0 Å². The average Bonchev–Trinajstić information content (AvgIpc) is 2.92. The Kier molecular flexibility index (Phi) is 4.43. The second-order valence-corrected chi connectivity index (χ2v) is 8.10. The quantitative estimate of drug-likeness (QED) is 0.718. The minimum absolute atomic E-state index is 0.0125. The largest absolute Gasteiger partial charge is 0.480 e. The highest BCUT2D eigenvalue weighted by molar-refractivity contribution is 7.91. The number of ether oxygens (including phenoxy) is 1. The number of hydrogen-bond donors (Lipinski definition) is 2. The molecule has 0 saturated carbocycles. The van der Waals surface area contributed by atoms with E-state index in [2.05, 4.69) is 5.32 Å². The molecule has 2 saturated heterocycles. The van der Waals surface area contributed by atoms with Crippen molar-refractivity contribution in [2.75, 3.05) is 31.3 Å². The van der Waals surface area contributed by atoms with E-state index >= 15 is 0 Å². The zero-order chi connectivity index (χ0) is 15.7. The summed E-state index contributed by atoms with van der Waals surface area (Å²) < 4.78 is 28.3. The summed E-state index contributed by atoms with van der Waals surface area (Å²) in [6.45, 7) is 2.21. The highest BCUT2D eigenvalue weighted by Crippen LogP contribution is 2.21. The highest BCUT2D eigenvalue weighted by atomic mass is 32.2. The molecule has 120 valence electrons. The fourth-order valence-corrected chi connectivity index (χ4v) is 4.36. The molecule has 8 nitrogen and oxygen atoms in total. The minimum Gasteiger partial charge on any atom is -0.480 e. The van der Waals surface area contributed by atoms with Gasteiger partial charge in [0.15, 0.2) is 9.84 Å². The van der Waals surface area contributed by atoms with Gasteiger partial charge in [0, 0.05) is 12.6 Å². The lowest BCUT2D eigenvalue weighted by Gasteiger charge is -2.31. The van der Waals surface area contributed by atoms with Crippen molar-refractivity contribution in [1.29, 1.82) is 0 Å². The van der Waals surface area contributed by atoms with Crippen molar-refractivity contribution in [3.8, 4) is 0 Å². The number of carboxylic acids is 1. The number of nitrogens with one attached hydrogen (secondary N) is 1. The molecular weight excluding hydrogens is 300 g/mol. The van der Waals surface area contributed by atoms with Gasteiger partial charge in [0.1, 0.15) is 6.54 Å². The number of nitrogens with zero attached hydrogens (tertiary/aromatic N) is 1. The van der Waals surface area contributed by atoms with Gasteiger partial charge in [0.25, 0.3) is 0 Å². The van der Waals surface area contributed by atoms with Crippen LogP contribution in [0.5, 0.6) is 0 Å². The van der Waals surface area contributed by atoms with Crippen molar-refractivity contribution >= 4 is 21.8 Å². The molecule has 2 fully saturated rings. The number of rotatable bonds is 4. The number of carboxylic acid groups (broad SMARTS) is 1. The van der Waals surface area contributed by atoms with E-state index < -0.39 is 40.0 Å². The number of carbonyl (C=O) groups excluding carboxylic acids is 1. The lowest BCUT2D eigenvalue weighted by atomic mass is 10.0. The number of urea groups is 1. The monoisotopic (exact) mass is 320 g/mol. The van der Waals surface area contributed by atoms with Gasteiger partial charge in [-0.3, -0.25) is 4.79 Å². The van der Waals surface area contributed by atoms with E-state index in [4.69, 9.17) is 9.84 Å². The molecule has 0 aromatic carbocycles. The van der Waals surface area contributed by atoms with Gasteiger partial charge < -0.3 is 20.1 Å². The first-order valence-electron chi connectivity index (χ1n) is 6.80. The predicted molar refractivity (Wildman–Crippen MR) is 73.8 cm³/mol. The maximum atomic E-state index is 12.3. The Hall–Kier alpha value is -1.35. The first kappa shape index (κ1) is 16.0. The van der Waals surface area contributed by atoms with Crippen LogP contribution < -0.4 is 5.32 Å². The van der Waals surface area contributed by atoms with Crippen LogP contribution in [0.3, 0.4) is 0 Å². The van der Waals surface area contributed by atoms with Crippen molar-refractivity contribution < 1.29 is 27.9 Å². The molecule has 2 N–H and O–H groups in total. The maximum absolute atomic E-state index is 12.3. The molecule has 2 aliphatic rings. The molecule has 0 bridgehead atoms. The third-order valence-electron chi connectivity index (χ3n) is 3.84. The Morgan fingerprint density at radius 1 is 1.48 bits per heavy atom. The van der Waals surface area contributed by atoms with Gasteiger partial charge >= 0.3 is 12.0 Å². The highest BCUT2D eigenvalue weighted by Gasteiger charge is 2.39. The van der Waals surface area contributed by atoms with Crippen molar-refractivity contribution in [2.45, 2.75) is 31.3 Å². The van der Waals surface area contributed by atoms with Crippen molar-refractivity contribution in [1.82, 2.24) is 10.2 Å². The normalized spacial score (nSPS) is 31.0. The van der Waals surface area contributed by atoms with Crippen LogP contribution in [-0.4, -0.2) is 73.3 Å². The smallest absolute Gasteiger partial charge is 0.323 e. The Morgan fingerprint density at radius 2 is 2.19 bits per heavy atom. The standard InChI is InChI=1S/C12H20N2O6S/c1-12(3-4-20-8-12)13-11(17)14(6-10(15)16)9-2-5-21(18,19)7-9/h9H,2-8H2,1H3,(H,13,17)(H,15,16). The molecule has 2 unspecified atom stereocenters. The Balaban J connectivity index is 2.08. The fraction of sp³-hybridized carbons (Fsp3) is 0.833. The van der Waals surface area contributed by atoms with Crippen molar-refractivity contribution in [3.05, 3.63) is 0 Å². The van der Waals surface area contributed by atoms with Crippen LogP contribution in [-0.2, 0) is 19.4 Å². The first-order chi connectivity index (χ1) is 9.71. The van der Waals surface area contributed by atoms with E-state index in [1.165, 1.54) is 0 Å². The zero-order valence-electron chi connectivity index (χ0n) is 11.9. The zero-order valence-corrected chi connectivity index (χ0v) is 12.7. The number of hydrogen-bond acceptors (Lipinski definition) is 5. The van der Waals surface area contributed by atoms with E-state index in [9.17, 15) is 18.0 Å². The third-order valence-corrected chi connectivity index (χ3v) is 5.59. The summed E-state index contributed by atoms with van der Waals surface area (Å²) in [5, 5.41) is 11.7.